The standard InChI is InChI=1S/C27H40FN/c1-2-3-4-5-6-21-9-14-24(15-10-21)25-16-11-22(12-17-25)7-8-23-13-18-26(20-29)27(28)19-23/h13,18-19,21-22,24-25H,2-12,14-17H2,1H3. The van der Waals surface area contributed by atoms with Crippen molar-refractivity contribution in [3.63, 3.8) is 0 Å². The van der Waals surface area contributed by atoms with Gasteiger partial charge in [0.15, 0.2) is 0 Å². The zero-order valence-corrected chi connectivity index (χ0v) is 18.5. The van der Waals surface area contributed by atoms with Crippen LogP contribution in [-0.2, 0) is 6.42 Å². The van der Waals surface area contributed by atoms with Crippen LogP contribution in [0, 0.1) is 40.8 Å². The highest BCUT2D eigenvalue weighted by Gasteiger charge is 2.30. The van der Waals surface area contributed by atoms with Crippen LogP contribution in [0.25, 0.3) is 0 Å². The molecule has 0 saturated heterocycles. The molecule has 2 fully saturated rings. The predicted molar refractivity (Wildman–Crippen MR) is 119 cm³/mol. The second-order valence-electron chi connectivity index (χ2n) is 9.88. The lowest BCUT2D eigenvalue weighted by Gasteiger charge is -2.38. The summed E-state index contributed by atoms with van der Waals surface area (Å²) in [7, 11) is 0. The van der Waals surface area contributed by atoms with Crippen molar-refractivity contribution in [1.29, 1.82) is 5.26 Å². The molecule has 0 radical (unpaired) electrons. The second-order valence-corrected chi connectivity index (χ2v) is 9.88. The Morgan fingerprint density at radius 1 is 0.862 bits per heavy atom. The second kappa shape index (κ2) is 11.7. The molecule has 2 aliphatic rings. The van der Waals surface area contributed by atoms with Crippen LogP contribution in [0.4, 0.5) is 4.39 Å². The summed E-state index contributed by atoms with van der Waals surface area (Å²) in [6, 6.07) is 7.02. The van der Waals surface area contributed by atoms with Crippen molar-refractivity contribution in [3.05, 3.63) is 35.1 Å². The zero-order valence-electron chi connectivity index (χ0n) is 18.5. The van der Waals surface area contributed by atoms with Gasteiger partial charge in [0.1, 0.15) is 11.9 Å². The first-order chi connectivity index (χ1) is 14.2. The number of rotatable bonds is 9. The van der Waals surface area contributed by atoms with E-state index in [2.05, 4.69) is 6.92 Å². The molecule has 0 aliphatic heterocycles. The highest BCUT2D eigenvalue weighted by molar-refractivity contribution is 5.33. The lowest BCUT2D eigenvalue weighted by Crippen LogP contribution is -2.26. The smallest absolute Gasteiger partial charge is 0.141 e. The predicted octanol–water partition coefficient (Wildman–Crippen LogP) is 8.21. The average molecular weight is 398 g/mol. The highest BCUT2D eigenvalue weighted by Crippen LogP contribution is 2.43. The van der Waals surface area contributed by atoms with Crippen molar-refractivity contribution in [2.24, 2.45) is 23.7 Å². The number of nitriles is 1. The minimum Gasteiger partial charge on any atom is -0.206 e. The number of halogens is 1. The zero-order chi connectivity index (χ0) is 20.5. The molecule has 3 rings (SSSR count). The molecule has 0 heterocycles. The van der Waals surface area contributed by atoms with E-state index in [9.17, 15) is 4.39 Å². The largest absolute Gasteiger partial charge is 0.206 e. The average Bonchev–Trinajstić information content (AvgIpc) is 2.76. The molecule has 0 amide bonds. The number of hydrogen-bond donors (Lipinski definition) is 0. The summed E-state index contributed by atoms with van der Waals surface area (Å²) >= 11 is 0. The number of benzene rings is 1. The Labute approximate surface area is 178 Å². The lowest BCUT2D eigenvalue weighted by molar-refractivity contribution is 0.140. The van der Waals surface area contributed by atoms with Gasteiger partial charge in [-0.15, -0.1) is 0 Å². The topological polar surface area (TPSA) is 23.8 Å². The van der Waals surface area contributed by atoms with E-state index in [0.29, 0.717) is 0 Å². The van der Waals surface area contributed by atoms with Crippen LogP contribution < -0.4 is 0 Å². The van der Waals surface area contributed by atoms with Gasteiger partial charge >= 0.3 is 0 Å². The van der Waals surface area contributed by atoms with Crippen LogP contribution in [0.5, 0.6) is 0 Å². The van der Waals surface area contributed by atoms with Crippen LogP contribution in [0.3, 0.4) is 0 Å². The van der Waals surface area contributed by atoms with Gasteiger partial charge in [0.2, 0.25) is 0 Å². The fraction of sp³-hybridized carbons (Fsp3) is 0.741. The summed E-state index contributed by atoms with van der Waals surface area (Å²) in [6.07, 6.45) is 20.8. The molecular formula is C27H40FN. The van der Waals surface area contributed by atoms with Gasteiger partial charge < -0.3 is 0 Å². The number of unbranched alkanes of at least 4 members (excludes halogenated alkanes) is 3. The van der Waals surface area contributed by atoms with Crippen LogP contribution >= 0.6 is 0 Å². The van der Waals surface area contributed by atoms with Gasteiger partial charge in [-0.3, -0.25) is 0 Å². The first kappa shape index (κ1) is 22.3. The summed E-state index contributed by atoms with van der Waals surface area (Å²) in [4.78, 5) is 0. The molecule has 2 saturated carbocycles. The van der Waals surface area contributed by atoms with Gasteiger partial charge in [0.05, 0.1) is 5.56 Å². The van der Waals surface area contributed by atoms with Crippen molar-refractivity contribution < 1.29 is 4.39 Å². The normalized spacial score (nSPS) is 27.5. The fourth-order valence-corrected chi connectivity index (χ4v) is 5.93. The van der Waals surface area contributed by atoms with E-state index in [0.717, 1.165) is 35.7 Å². The van der Waals surface area contributed by atoms with Crippen molar-refractivity contribution in [3.8, 4) is 6.07 Å². The number of aryl methyl sites for hydroxylation is 1. The third-order valence-electron chi connectivity index (χ3n) is 7.91. The van der Waals surface area contributed by atoms with Gasteiger partial charge in [-0.1, -0.05) is 70.8 Å². The first-order valence-corrected chi connectivity index (χ1v) is 12.4. The van der Waals surface area contributed by atoms with E-state index in [4.69, 9.17) is 5.26 Å². The Bertz CT molecular complexity index is 645. The number of hydrogen-bond acceptors (Lipinski definition) is 1. The van der Waals surface area contributed by atoms with Crippen LogP contribution in [0.15, 0.2) is 18.2 Å². The van der Waals surface area contributed by atoms with Crippen molar-refractivity contribution in [2.45, 2.75) is 103 Å². The molecule has 0 atom stereocenters. The summed E-state index contributed by atoms with van der Waals surface area (Å²) < 4.78 is 13.8. The van der Waals surface area contributed by atoms with E-state index >= 15 is 0 Å². The monoisotopic (exact) mass is 397 g/mol. The molecule has 29 heavy (non-hydrogen) atoms. The molecule has 1 aromatic carbocycles. The van der Waals surface area contributed by atoms with Crippen LogP contribution in [0.2, 0.25) is 0 Å². The maximum absolute atomic E-state index is 13.8. The molecule has 160 valence electrons. The van der Waals surface area contributed by atoms with Gasteiger partial charge in [-0.25, -0.2) is 4.39 Å². The Morgan fingerprint density at radius 3 is 2.03 bits per heavy atom. The summed E-state index contributed by atoms with van der Waals surface area (Å²) in [6.45, 7) is 2.30. The third-order valence-corrected chi connectivity index (χ3v) is 7.91. The Balaban J connectivity index is 1.33. The minimum absolute atomic E-state index is 0.157. The maximum atomic E-state index is 13.8. The van der Waals surface area contributed by atoms with E-state index in [1.165, 1.54) is 89.9 Å². The SMILES string of the molecule is CCCCCCC1CCC(C2CCC(CCc3ccc(C#N)c(F)c3)CC2)CC1. The molecular weight excluding hydrogens is 357 g/mol. The Kier molecular flexibility index (Phi) is 9.03. The van der Waals surface area contributed by atoms with Crippen LogP contribution in [0.1, 0.15) is 108 Å². The molecule has 1 aromatic rings. The quantitative estimate of drug-likeness (QED) is 0.385. The molecule has 0 unspecified atom stereocenters. The van der Waals surface area contributed by atoms with E-state index in [1.54, 1.807) is 12.1 Å². The van der Waals surface area contributed by atoms with Gasteiger partial charge in [-0.2, -0.15) is 5.26 Å². The van der Waals surface area contributed by atoms with Crippen molar-refractivity contribution in [2.75, 3.05) is 0 Å². The van der Waals surface area contributed by atoms with Crippen molar-refractivity contribution in [1.82, 2.24) is 0 Å². The van der Waals surface area contributed by atoms with Crippen molar-refractivity contribution >= 4 is 0 Å². The van der Waals surface area contributed by atoms with E-state index in [-0.39, 0.29) is 11.4 Å². The molecule has 0 N–H and O–H groups in total. The molecule has 0 bridgehead atoms. The molecule has 2 heteroatoms. The molecule has 2 aliphatic carbocycles. The van der Waals surface area contributed by atoms with Gasteiger partial charge in [-0.05, 0) is 79.9 Å². The molecule has 1 nitrogen and oxygen atoms in total. The van der Waals surface area contributed by atoms with E-state index < -0.39 is 0 Å². The third kappa shape index (κ3) is 6.84. The summed E-state index contributed by atoms with van der Waals surface area (Å²) in [5, 5.41) is 8.86. The first-order valence-electron chi connectivity index (χ1n) is 12.4. The summed E-state index contributed by atoms with van der Waals surface area (Å²) in [5.74, 6) is 3.43. The van der Waals surface area contributed by atoms with E-state index in [1.807, 2.05) is 12.1 Å². The van der Waals surface area contributed by atoms with Gasteiger partial charge in [0.25, 0.3) is 0 Å². The Hall–Kier alpha value is -1.36. The summed E-state index contributed by atoms with van der Waals surface area (Å²) in [5.41, 5.74) is 1.20. The fourth-order valence-electron chi connectivity index (χ4n) is 5.93. The lowest BCUT2D eigenvalue weighted by atomic mass is 9.68. The minimum atomic E-state index is -0.366. The van der Waals surface area contributed by atoms with Gasteiger partial charge in [0, 0.05) is 0 Å². The molecule has 0 spiro atoms. The molecule has 0 aromatic heterocycles. The maximum Gasteiger partial charge on any atom is 0.141 e. The Morgan fingerprint density at radius 2 is 1.48 bits per heavy atom. The highest BCUT2D eigenvalue weighted by atomic mass is 19.1. The number of nitrogens with zero attached hydrogens (tertiary/aromatic N) is 1. The van der Waals surface area contributed by atoms with Crippen LogP contribution in [-0.4, -0.2) is 0 Å².